The van der Waals surface area contributed by atoms with Crippen LogP contribution < -0.4 is 0 Å². The molecule has 0 N–H and O–H groups in total. The summed E-state index contributed by atoms with van der Waals surface area (Å²) in [6.07, 6.45) is 2.56. The highest BCUT2D eigenvalue weighted by atomic mass is 16.5. The first-order valence-corrected chi connectivity index (χ1v) is 6.45. The number of hydrogen-bond acceptors (Lipinski definition) is 4. The third kappa shape index (κ3) is 4.01. The molecular weight excluding hydrogens is 204 g/mol. The van der Waals surface area contributed by atoms with Crippen LogP contribution in [0.3, 0.4) is 0 Å². The minimum absolute atomic E-state index is 0.281. The topological polar surface area (TPSA) is 24.9 Å². The van der Waals surface area contributed by atoms with Gasteiger partial charge in [-0.15, -0.1) is 0 Å². The summed E-state index contributed by atoms with van der Waals surface area (Å²) in [5, 5.41) is 0. The Morgan fingerprint density at radius 3 is 2.62 bits per heavy atom. The van der Waals surface area contributed by atoms with Gasteiger partial charge >= 0.3 is 0 Å². The van der Waals surface area contributed by atoms with Crippen LogP contribution in [-0.4, -0.2) is 75.5 Å². The molecule has 0 radical (unpaired) electrons. The van der Waals surface area contributed by atoms with Gasteiger partial charge in [-0.2, -0.15) is 0 Å². The lowest BCUT2D eigenvalue weighted by Gasteiger charge is -2.34. The average molecular weight is 228 g/mol. The molecule has 2 saturated heterocycles. The number of nitrogens with zero attached hydrogens (tertiary/aromatic N) is 2. The SMILES string of the molecule is CN1CCN(CC2COCCCCO2)CC1. The van der Waals surface area contributed by atoms with E-state index in [-0.39, 0.29) is 6.10 Å². The van der Waals surface area contributed by atoms with Crippen LogP contribution in [0.2, 0.25) is 0 Å². The van der Waals surface area contributed by atoms with Gasteiger partial charge in [0.05, 0.1) is 12.7 Å². The highest BCUT2D eigenvalue weighted by Crippen LogP contribution is 2.07. The second-order valence-corrected chi connectivity index (χ2v) is 4.88. The maximum atomic E-state index is 5.83. The Morgan fingerprint density at radius 2 is 1.81 bits per heavy atom. The Bertz CT molecular complexity index is 185. The second-order valence-electron chi connectivity index (χ2n) is 4.88. The maximum absolute atomic E-state index is 5.83. The molecule has 0 saturated carbocycles. The van der Waals surface area contributed by atoms with Crippen LogP contribution in [-0.2, 0) is 9.47 Å². The highest BCUT2D eigenvalue weighted by Gasteiger charge is 2.19. The number of ether oxygens (including phenoxy) is 2. The van der Waals surface area contributed by atoms with Crippen LogP contribution in [0.15, 0.2) is 0 Å². The minimum atomic E-state index is 0.281. The van der Waals surface area contributed by atoms with Crippen molar-refractivity contribution in [3.8, 4) is 0 Å². The van der Waals surface area contributed by atoms with Crippen molar-refractivity contribution in [2.45, 2.75) is 18.9 Å². The molecule has 94 valence electrons. The zero-order chi connectivity index (χ0) is 11.2. The van der Waals surface area contributed by atoms with E-state index in [1.54, 1.807) is 0 Å². The standard InChI is InChI=1S/C12H24N2O2/c1-13-4-6-14(7-5-13)10-12-11-15-8-2-3-9-16-12/h12H,2-11H2,1H3. The number of hydrogen-bond donors (Lipinski definition) is 0. The molecule has 1 atom stereocenters. The van der Waals surface area contributed by atoms with Gasteiger partial charge in [0.2, 0.25) is 0 Å². The van der Waals surface area contributed by atoms with Gasteiger partial charge in [0.1, 0.15) is 0 Å². The smallest absolute Gasteiger partial charge is 0.0934 e. The van der Waals surface area contributed by atoms with Gasteiger partial charge in [-0.1, -0.05) is 0 Å². The average Bonchev–Trinajstić information content (AvgIpc) is 2.25. The molecule has 0 aromatic heterocycles. The van der Waals surface area contributed by atoms with E-state index in [2.05, 4.69) is 16.8 Å². The first kappa shape index (κ1) is 12.3. The summed E-state index contributed by atoms with van der Waals surface area (Å²) in [5.74, 6) is 0. The van der Waals surface area contributed by atoms with E-state index in [9.17, 15) is 0 Å². The van der Waals surface area contributed by atoms with E-state index in [0.717, 1.165) is 52.3 Å². The summed E-state index contributed by atoms with van der Waals surface area (Å²) in [6.45, 7) is 8.29. The lowest BCUT2D eigenvalue weighted by Crippen LogP contribution is -2.48. The summed E-state index contributed by atoms with van der Waals surface area (Å²) < 4.78 is 11.4. The van der Waals surface area contributed by atoms with Crippen LogP contribution >= 0.6 is 0 Å². The summed E-state index contributed by atoms with van der Waals surface area (Å²) in [5.41, 5.74) is 0. The van der Waals surface area contributed by atoms with Crippen molar-refractivity contribution in [1.82, 2.24) is 9.80 Å². The molecule has 0 amide bonds. The molecule has 0 aromatic rings. The largest absolute Gasteiger partial charge is 0.379 e. The Balaban J connectivity index is 1.70. The quantitative estimate of drug-likeness (QED) is 0.684. The molecule has 2 fully saturated rings. The van der Waals surface area contributed by atoms with Gasteiger partial charge in [0.15, 0.2) is 0 Å². The number of piperazine rings is 1. The van der Waals surface area contributed by atoms with Gasteiger partial charge < -0.3 is 14.4 Å². The molecule has 2 heterocycles. The molecule has 2 aliphatic heterocycles. The fourth-order valence-corrected chi connectivity index (χ4v) is 2.24. The van der Waals surface area contributed by atoms with E-state index >= 15 is 0 Å². The van der Waals surface area contributed by atoms with Crippen LogP contribution in [0.25, 0.3) is 0 Å². The van der Waals surface area contributed by atoms with Crippen molar-refractivity contribution in [1.29, 1.82) is 0 Å². The number of likely N-dealkylation sites (N-methyl/N-ethyl adjacent to an activating group) is 1. The van der Waals surface area contributed by atoms with E-state index in [4.69, 9.17) is 9.47 Å². The molecule has 0 bridgehead atoms. The fraction of sp³-hybridized carbons (Fsp3) is 1.00. The normalized spacial score (nSPS) is 30.9. The Morgan fingerprint density at radius 1 is 1.06 bits per heavy atom. The van der Waals surface area contributed by atoms with E-state index < -0.39 is 0 Å². The predicted molar refractivity (Wildman–Crippen MR) is 63.7 cm³/mol. The zero-order valence-corrected chi connectivity index (χ0v) is 10.4. The van der Waals surface area contributed by atoms with Crippen molar-refractivity contribution in [2.24, 2.45) is 0 Å². The molecule has 0 aromatic carbocycles. The van der Waals surface area contributed by atoms with Crippen molar-refractivity contribution < 1.29 is 9.47 Å². The molecule has 2 rings (SSSR count). The van der Waals surface area contributed by atoms with Gasteiger partial charge in [-0.3, -0.25) is 4.90 Å². The van der Waals surface area contributed by atoms with Gasteiger partial charge in [0.25, 0.3) is 0 Å². The molecule has 1 unspecified atom stereocenters. The lowest BCUT2D eigenvalue weighted by molar-refractivity contribution is -0.0540. The van der Waals surface area contributed by atoms with E-state index in [0.29, 0.717) is 0 Å². The van der Waals surface area contributed by atoms with E-state index in [1.807, 2.05) is 0 Å². The lowest BCUT2D eigenvalue weighted by atomic mass is 10.2. The van der Waals surface area contributed by atoms with Crippen LogP contribution in [0.5, 0.6) is 0 Å². The van der Waals surface area contributed by atoms with Gasteiger partial charge in [-0.25, -0.2) is 0 Å². The number of rotatable bonds is 2. The predicted octanol–water partition coefficient (Wildman–Crippen LogP) is 0.429. The van der Waals surface area contributed by atoms with Crippen LogP contribution in [0.4, 0.5) is 0 Å². The highest BCUT2D eigenvalue weighted by molar-refractivity contribution is 4.73. The summed E-state index contributed by atoms with van der Waals surface area (Å²) in [4.78, 5) is 4.88. The molecule has 0 aliphatic carbocycles. The first-order chi connectivity index (χ1) is 7.84. The van der Waals surface area contributed by atoms with Crippen LogP contribution in [0, 0.1) is 0 Å². The molecule has 16 heavy (non-hydrogen) atoms. The van der Waals surface area contributed by atoms with Crippen molar-refractivity contribution in [2.75, 3.05) is 59.6 Å². The summed E-state index contributed by atoms with van der Waals surface area (Å²) >= 11 is 0. The molecule has 4 heteroatoms. The van der Waals surface area contributed by atoms with Crippen molar-refractivity contribution >= 4 is 0 Å². The third-order valence-electron chi connectivity index (χ3n) is 3.40. The van der Waals surface area contributed by atoms with Crippen LogP contribution in [0.1, 0.15) is 12.8 Å². The Kier molecular flexibility index (Phi) is 5.03. The monoisotopic (exact) mass is 228 g/mol. The van der Waals surface area contributed by atoms with E-state index in [1.165, 1.54) is 13.1 Å². The Hall–Kier alpha value is -0.160. The second kappa shape index (κ2) is 6.55. The summed E-state index contributed by atoms with van der Waals surface area (Å²) in [6, 6.07) is 0. The molecule has 2 aliphatic rings. The molecule has 0 spiro atoms. The third-order valence-corrected chi connectivity index (χ3v) is 3.40. The minimum Gasteiger partial charge on any atom is -0.379 e. The summed E-state index contributed by atoms with van der Waals surface area (Å²) in [7, 11) is 2.19. The van der Waals surface area contributed by atoms with Crippen molar-refractivity contribution in [3.05, 3.63) is 0 Å². The maximum Gasteiger partial charge on any atom is 0.0934 e. The first-order valence-electron chi connectivity index (χ1n) is 6.45. The molecule has 4 nitrogen and oxygen atoms in total. The fourth-order valence-electron chi connectivity index (χ4n) is 2.24. The Labute approximate surface area is 98.5 Å². The van der Waals surface area contributed by atoms with Crippen molar-refractivity contribution in [3.63, 3.8) is 0 Å². The van der Waals surface area contributed by atoms with Gasteiger partial charge in [0, 0.05) is 45.9 Å². The molecular formula is C12H24N2O2. The zero-order valence-electron chi connectivity index (χ0n) is 10.4. The van der Waals surface area contributed by atoms with Gasteiger partial charge in [-0.05, 0) is 19.9 Å².